The summed E-state index contributed by atoms with van der Waals surface area (Å²) >= 11 is 3.55. The highest BCUT2D eigenvalue weighted by Gasteiger charge is 2.13. The lowest BCUT2D eigenvalue weighted by Gasteiger charge is -2.13. The van der Waals surface area contributed by atoms with Crippen LogP contribution in [-0.2, 0) is 13.0 Å². The quantitative estimate of drug-likeness (QED) is 0.527. The average molecular weight is 417 g/mol. The van der Waals surface area contributed by atoms with E-state index >= 15 is 0 Å². The number of hydrogen-bond donors (Lipinski definition) is 1. The molecule has 0 bridgehead atoms. The first-order valence-electron chi connectivity index (χ1n) is 9.06. The van der Waals surface area contributed by atoms with Crippen molar-refractivity contribution in [1.82, 2.24) is 14.5 Å². The molecule has 3 rings (SSSR count). The molecular formula is C20H25BrN4O. The number of aryl methyl sites for hydroxylation is 1. The molecule has 0 spiro atoms. The summed E-state index contributed by atoms with van der Waals surface area (Å²) in [5, 5.41) is 0. The zero-order valence-corrected chi connectivity index (χ0v) is 16.9. The molecule has 3 aromatic rings. The highest BCUT2D eigenvalue weighted by molar-refractivity contribution is 9.10. The van der Waals surface area contributed by atoms with Crippen molar-refractivity contribution in [2.24, 2.45) is 0 Å². The van der Waals surface area contributed by atoms with Crippen LogP contribution in [0.2, 0.25) is 0 Å². The Kier molecular flexibility index (Phi) is 6.14. The molecule has 0 aliphatic carbocycles. The molecule has 0 saturated carbocycles. The number of rotatable bonds is 8. The maximum absolute atomic E-state index is 5.92. The Morgan fingerprint density at radius 3 is 2.77 bits per heavy atom. The SMILES string of the molecule is CCCCCCc1nc(N)nc2ccn(Cc3cc(Br)ccc3OC)c12. The molecule has 2 N–H and O–H groups in total. The lowest BCUT2D eigenvalue weighted by Crippen LogP contribution is -2.06. The predicted octanol–water partition coefficient (Wildman–Crippen LogP) is 4.96. The largest absolute Gasteiger partial charge is 0.496 e. The second-order valence-electron chi connectivity index (χ2n) is 6.47. The highest BCUT2D eigenvalue weighted by atomic mass is 79.9. The van der Waals surface area contributed by atoms with Crippen LogP contribution in [0.4, 0.5) is 5.95 Å². The zero-order chi connectivity index (χ0) is 18.5. The van der Waals surface area contributed by atoms with E-state index in [1.165, 1.54) is 19.3 Å². The Bertz CT molecular complexity index is 891. The van der Waals surface area contributed by atoms with E-state index in [0.717, 1.165) is 45.4 Å². The van der Waals surface area contributed by atoms with Crippen molar-refractivity contribution >= 4 is 32.9 Å². The number of benzene rings is 1. The summed E-state index contributed by atoms with van der Waals surface area (Å²) in [6.07, 6.45) is 7.77. The molecule has 2 aromatic heterocycles. The van der Waals surface area contributed by atoms with Gasteiger partial charge in [0, 0.05) is 16.2 Å². The third-order valence-corrected chi connectivity index (χ3v) is 5.04. The predicted molar refractivity (Wildman–Crippen MR) is 110 cm³/mol. The van der Waals surface area contributed by atoms with Gasteiger partial charge >= 0.3 is 0 Å². The van der Waals surface area contributed by atoms with Crippen LogP contribution < -0.4 is 10.5 Å². The van der Waals surface area contributed by atoms with Crippen LogP contribution in [-0.4, -0.2) is 21.6 Å². The minimum absolute atomic E-state index is 0.348. The van der Waals surface area contributed by atoms with Gasteiger partial charge < -0.3 is 15.0 Å². The summed E-state index contributed by atoms with van der Waals surface area (Å²) in [6, 6.07) is 8.06. The maximum atomic E-state index is 5.92. The number of hydrogen-bond acceptors (Lipinski definition) is 4. The normalized spacial score (nSPS) is 11.2. The number of ether oxygens (including phenoxy) is 1. The van der Waals surface area contributed by atoms with Crippen molar-refractivity contribution in [2.45, 2.75) is 45.6 Å². The third kappa shape index (κ3) is 4.18. The van der Waals surface area contributed by atoms with Crippen LogP contribution in [0, 0.1) is 0 Å². The number of aromatic nitrogens is 3. The Labute approximate surface area is 162 Å². The topological polar surface area (TPSA) is 66.0 Å². The second kappa shape index (κ2) is 8.54. The van der Waals surface area contributed by atoms with Gasteiger partial charge in [0.25, 0.3) is 0 Å². The number of nitrogens with zero attached hydrogens (tertiary/aromatic N) is 3. The fraction of sp³-hybridized carbons (Fsp3) is 0.400. The van der Waals surface area contributed by atoms with Gasteiger partial charge in [0.05, 0.1) is 30.4 Å². The van der Waals surface area contributed by atoms with Gasteiger partial charge in [-0.05, 0) is 37.1 Å². The fourth-order valence-electron chi connectivity index (χ4n) is 3.28. The van der Waals surface area contributed by atoms with Crippen molar-refractivity contribution in [3.05, 3.63) is 46.2 Å². The molecule has 1 aromatic carbocycles. The molecule has 0 aliphatic rings. The van der Waals surface area contributed by atoms with Gasteiger partial charge in [-0.15, -0.1) is 0 Å². The second-order valence-corrected chi connectivity index (χ2v) is 7.39. The minimum Gasteiger partial charge on any atom is -0.496 e. The molecule has 0 saturated heterocycles. The molecule has 0 amide bonds. The van der Waals surface area contributed by atoms with E-state index in [4.69, 9.17) is 10.5 Å². The van der Waals surface area contributed by atoms with Crippen LogP contribution in [0.5, 0.6) is 5.75 Å². The number of fused-ring (bicyclic) bond motifs is 1. The smallest absolute Gasteiger partial charge is 0.220 e. The van der Waals surface area contributed by atoms with Crippen LogP contribution in [0.25, 0.3) is 11.0 Å². The van der Waals surface area contributed by atoms with Crippen LogP contribution in [0.15, 0.2) is 34.9 Å². The van der Waals surface area contributed by atoms with Crippen molar-refractivity contribution in [1.29, 1.82) is 0 Å². The van der Waals surface area contributed by atoms with E-state index in [9.17, 15) is 0 Å². The Morgan fingerprint density at radius 2 is 2.00 bits per heavy atom. The minimum atomic E-state index is 0.348. The van der Waals surface area contributed by atoms with Crippen molar-refractivity contribution in [2.75, 3.05) is 12.8 Å². The van der Waals surface area contributed by atoms with Gasteiger partial charge in [-0.1, -0.05) is 42.1 Å². The van der Waals surface area contributed by atoms with E-state index in [2.05, 4.69) is 49.7 Å². The first-order valence-corrected chi connectivity index (χ1v) is 9.85. The molecule has 6 heteroatoms. The molecule has 0 radical (unpaired) electrons. The fourth-order valence-corrected chi connectivity index (χ4v) is 3.69. The Balaban J connectivity index is 1.95. The molecule has 5 nitrogen and oxygen atoms in total. The molecule has 2 heterocycles. The molecule has 138 valence electrons. The van der Waals surface area contributed by atoms with E-state index in [0.29, 0.717) is 12.5 Å². The van der Waals surface area contributed by atoms with Gasteiger partial charge in [0.15, 0.2) is 0 Å². The average Bonchev–Trinajstić information content (AvgIpc) is 3.01. The summed E-state index contributed by atoms with van der Waals surface area (Å²) in [5.41, 5.74) is 10.0. The third-order valence-electron chi connectivity index (χ3n) is 4.55. The van der Waals surface area contributed by atoms with Crippen molar-refractivity contribution in [3.8, 4) is 5.75 Å². The number of nitrogens with two attached hydrogens (primary N) is 1. The Hall–Kier alpha value is -2.08. The van der Waals surface area contributed by atoms with E-state index < -0.39 is 0 Å². The number of methoxy groups -OCH3 is 1. The summed E-state index contributed by atoms with van der Waals surface area (Å²) in [5.74, 6) is 1.22. The van der Waals surface area contributed by atoms with Crippen LogP contribution in [0.1, 0.15) is 43.9 Å². The van der Waals surface area contributed by atoms with Gasteiger partial charge in [-0.3, -0.25) is 0 Å². The Morgan fingerprint density at radius 1 is 1.15 bits per heavy atom. The lowest BCUT2D eigenvalue weighted by atomic mass is 10.1. The van der Waals surface area contributed by atoms with E-state index in [1.807, 2.05) is 18.2 Å². The monoisotopic (exact) mass is 416 g/mol. The standard InChI is InChI=1S/C20H25BrN4O/c1-3-4-5-6-7-16-19-17(24-20(22)23-16)10-11-25(19)13-14-12-15(21)8-9-18(14)26-2/h8-12H,3-7,13H2,1-2H3,(H2,22,23,24). The summed E-state index contributed by atoms with van der Waals surface area (Å²) < 4.78 is 8.74. The van der Waals surface area contributed by atoms with Gasteiger partial charge in [-0.25, -0.2) is 9.97 Å². The summed E-state index contributed by atoms with van der Waals surface area (Å²) in [6.45, 7) is 2.92. The molecule has 0 fully saturated rings. The molecule has 0 aliphatic heterocycles. The number of nitrogen functional groups attached to an aromatic ring is 1. The van der Waals surface area contributed by atoms with E-state index in [1.54, 1.807) is 7.11 Å². The number of anilines is 1. The molecular weight excluding hydrogens is 392 g/mol. The van der Waals surface area contributed by atoms with Gasteiger partial charge in [-0.2, -0.15) is 0 Å². The molecule has 26 heavy (non-hydrogen) atoms. The maximum Gasteiger partial charge on any atom is 0.220 e. The van der Waals surface area contributed by atoms with Crippen molar-refractivity contribution < 1.29 is 4.74 Å². The zero-order valence-electron chi connectivity index (χ0n) is 15.3. The number of unbranched alkanes of at least 4 members (excludes halogenated alkanes) is 3. The summed E-state index contributed by atoms with van der Waals surface area (Å²) in [7, 11) is 1.70. The van der Waals surface area contributed by atoms with Crippen LogP contribution >= 0.6 is 15.9 Å². The molecule has 0 atom stereocenters. The van der Waals surface area contributed by atoms with E-state index in [-0.39, 0.29) is 0 Å². The lowest BCUT2D eigenvalue weighted by molar-refractivity contribution is 0.408. The van der Waals surface area contributed by atoms with Crippen molar-refractivity contribution in [3.63, 3.8) is 0 Å². The first-order chi connectivity index (χ1) is 12.6. The molecule has 0 unspecified atom stereocenters. The van der Waals surface area contributed by atoms with Gasteiger partial charge in [0.2, 0.25) is 5.95 Å². The first kappa shape index (κ1) is 18.7. The summed E-state index contributed by atoms with van der Waals surface area (Å²) in [4.78, 5) is 8.95. The number of halogens is 1. The van der Waals surface area contributed by atoms with Crippen LogP contribution in [0.3, 0.4) is 0 Å². The highest BCUT2D eigenvalue weighted by Crippen LogP contribution is 2.27. The van der Waals surface area contributed by atoms with Gasteiger partial charge in [0.1, 0.15) is 5.75 Å².